The van der Waals surface area contributed by atoms with E-state index < -0.39 is 10.8 Å². The number of unbranched alkanes of at least 4 members (excludes halogenated alkanes) is 1. The lowest BCUT2D eigenvalue weighted by Gasteiger charge is -2.30. The Balaban J connectivity index is 2.40. The second-order valence-corrected chi connectivity index (χ2v) is 9.35. The van der Waals surface area contributed by atoms with Gasteiger partial charge >= 0.3 is 0 Å². The van der Waals surface area contributed by atoms with Crippen molar-refractivity contribution in [2.75, 3.05) is 32.4 Å². The lowest BCUT2D eigenvalue weighted by atomic mass is 9.95. The van der Waals surface area contributed by atoms with Gasteiger partial charge < -0.3 is 15.5 Å². The highest BCUT2D eigenvalue weighted by Crippen LogP contribution is 2.22. The summed E-state index contributed by atoms with van der Waals surface area (Å²) in [6, 6.07) is 1.01. The summed E-state index contributed by atoms with van der Waals surface area (Å²) < 4.78 is 12.1. The van der Waals surface area contributed by atoms with Crippen LogP contribution in [0.5, 0.6) is 0 Å². The van der Waals surface area contributed by atoms with Crippen LogP contribution in [0.3, 0.4) is 0 Å². The van der Waals surface area contributed by atoms with Crippen LogP contribution >= 0.6 is 0 Å². The molecule has 2 N–H and O–H groups in total. The van der Waals surface area contributed by atoms with Crippen LogP contribution in [-0.2, 0) is 10.8 Å². The van der Waals surface area contributed by atoms with E-state index in [4.69, 9.17) is 4.99 Å². The second-order valence-electron chi connectivity index (χ2n) is 7.34. The van der Waals surface area contributed by atoms with Gasteiger partial charge in [-0.25, -0.2) is 0 Å². The highest BCUT2D eigenvalue weighted by Gasteiger charge is 2.25. The van der Waals surface area contributed by atoms with Crippen LogP contribution in [0, 0.1) is 0 Å². The first kappa shape index (κ1) is 22.4. The summed E-state index contributed by atoms with van der Waals surface area (Å²) >= 11 is 0. The van der Waals surface area contributed by atoms with Gasteiger partial charge in [-0.05, 0) is 66.5 Å². The van der Waals surface area contributed by atoms with Crippen molar-refractivity contribution in [1.82, 2.24) is 15.5 Å². The monoisotopic (exact) mass is 372 g/mol. The van der Waals surface area contributed by atoms with Crippen LogP contribution in [0.1, 0.15) is 66.2 Å². The average molecular weight is 373 g/mol. The van der Waals surface area contributed by atoms with Crippen molar-refractivity contribution < 1.29 is 4.21 Å². The van der Waals surface area contributed by atoms with E-state index in [2.05, 4.69) is 43.4 Å². The summed E-state index contributed by atoms with van der Waals surface area (Å²) in [5.74, 6) is 1.70. The Labute approximate surface area is 157 Å². The van der Waals surface area contributed by atoms with Gasteiger partial charge in [0.2, 0.25) is 0 Å². The van der Waals surface area contributed by atoms with Crippen molar-refractivity contribution in [3.8, 4) is 0 Å². The Morgan fingerprint density at radius 3 is 2.68 bits per heavy atom. The lowest BCUT2D eigenvalue weighted by molar-refractivity contribution is 0.269. The van der Waals surface area contributed by atoms with E-state index in [-0.39, 0.29) is 0 Å². The molecule has 0 aliphatic heterocycles. The Bertz CT molecular complexity index is 414. The summed E-state index contributed by atoms with van der Waals surface area (Å²) in [5, 5.41) is 7.29. The molecule has 0 bridgehead atoms. The Morgan fingerprint density at radius 2 is 2.04 bits per heavy atom. The third-order valence-electron chi connectivity index (χ3n) is 5.04. The standard InChI is InChI=1S/C19H40N4OS/c1-6-20-19(21-13-8-9-14-23(5)16(3)4)22-17-11-10-12-18(15-17)25(24)7-2/h16-18H,6-15H2,1-5H3,(H2,20,21,22). The van der Waals surface area contributed by atoms with Crippen LogP contribution in [0.15, 0.2) is 4.99 Å². The molecule has 0 saturated heterocycles. The molecule has 3 unspecified atom stereocenters. The van der Waals surface area contributed by atoms with Crippen LogP contribution in [0.25, 0.3) is 0 Å². The van der Waals surface area contributed by atoms with Crippen LogP contribution in [-0.4, -0.2) is 64.8 Å². The van der Waals surface area contributed by atoms with Crippen molar-refractivity contribution in [2.45, 2.75) is 83.6 Å². The molecule has 1 fully saturated rings. The minimum atomic E-state index is -0.674. The van der Waals surface area contributed by atoms with E-state index in [1.54, 1.807) is 0 Å². The van der Waals surface area contributed by atoms with Crippen LogP contribution < -0.4 is 10.6 Å². The Hall–Kier alpha value is -0.620. The van der Waals surface area contributed by atoms with E-state index >= 15 is 0 Å². The Morgan fingerprint density at radius 1 is 1.28 bits per heavy atom. The number of hydrogen-bond acceptors (Lipinski definition) is 3. The van der Waals surface area contributed by atoms with Gasteiger partial charge in [0.05, 0.1) is 0 Å². The molecule has 1 rings (SSSR count). The first-order valence-electron chi connectivity index (χ1n) is 10.1. The fourth-order valence-corrected chi connectivity index (χ4v) is 4.53. The van der Waals surface area contributed by atoms with Crippen molar-refractivity contribution in [1.29, 1.82) is 0 Å². The van der Waals surface area contributed by atoms with Crippen LogP contribution in [0.2, 0.25) is 0 Å². The smallest absolute Gasteiger partial charge is 0.191 e. The van der Waals surface area contributed by atoms with Gasteiger partial charge in [0.15, 0.2) is 5.96 Å². The molecule has 1 aliphatic rings. The summed E-state index contributed by atoms with van der Waals surface area (Å²) in [7, 11) is 1.51. The Kier molecular flexibility index (Phi) is 11.4. The number of guanidine groups is 1. The summed E-state index contributed by atoms with van der Waals surface area (Å²) in [6.45, 7) is 11.4. The number of nitrogens with zero attached hydrogens (tertiary/aromatic N) is 2. The SMILES string of the molecule is CCNC(=NCCCCN(C)C(C)C)NC1CCCC(S(=O)CC)C1. The first-order valence-corrected chi connectivity index (χ1v) is 11.5. The number of rotatable bonds is 10. The van der Waals surface area contributed by atoms with E-state index in [0.29, 0.717) is 17.3 Å². The zero-order valence-electron chi connectivity index (χ0n) is 17.0. The molecule has 1 aliphatic carbocycles. The third kappa shape index (κ3) is 9.04. The predicted molar refractivity (Wildman–Crippen MR) is 111 cm³/mol. The molecule has 0 heterocycles. The van der Waals surface area contributed by atoms with E-state index in [1.165, 1.54) is 6.42 Å². The minimum Gasteiger partial charge on any atom is -0.357 e. The molecule has 1 saturated carbocycles. The molecule has 25 heavy (non-hydrogen) atoms. The molecule has 0 aromatic carbocycles. The predicted octanol–water partition coefficient (Wildman–Crippen LogP) is 2.74. The maximum atomic E-state index is 12.1. The highest BCUT2D eigenvalue weighted by molar-refractivity contribution is 7.85. The average Bonchev–Trinajstić information content (AvgIpc) is 2.60. The number of aliphatic imine (C=N–C) groups is 1. The third-order valence-corrected chi connectivity index (χ3v) is 6.78. The first-order chi connectivity index (χ1) is 12.0. The van der Waals surface area contributed by atoms with Crippen molar-refractivity contribution in [3.05, 3.63) is 0 Å². The minimum absolute atomic E-state index is 0.352. The zero-order chi connectivity index (χ0) is 18.7. The molecule has 0 radical (unpaired) electrons. The fraction of sp³-hybridized carbons (Fsp3) is 0.947. The molecule has 6 heteroatoms. The maximum Gasteiger partial charge on any atom is 0.191 e. The van der Waals surface area contributed by atoms with Gasteiger partial charge in [0.1, 0.15) is 0 Å². The topological polar surface area (TPSA) is 56.7 Å². The van der Waals surface area contributed by atoms with Crippen LogP contribution in [0.4, 0.5) is 0 Å². The second kappa shape index (κ2) is 12.7. The molecule has 148 valence electrons. The molecule has 0 spiro atoms. The van der Waals surface area contributed by atoms with Crippen molar-refractivity contribution >= 4 is 16.8 Å². The van der Waals surface area contributed by atoms with Gasteiger partial charge in [0.25, 0.3) is 0 Å². The lowest BCUT2D eigenvalue weighted by Crippen LogP contribution is -2.46. The van der Waals surface area contributed by atoms with E-state index in [0.717, 1.165) is 63.5 Å². The van der Waals surface area contributed by atoms with Gasteiger partial charge in [0, 0.05) is 47.0 Å². The number of nitrogens with one attached hydrogen (secondary N) is 2. The molecule has 3 atom stereocenters. The zero-order valence-corrected chi connectivity index (χ0v) is 17.8. The molecular formula is C19H40N4OS. The van der Waals surface area contributed by atoms with E-state index in [9.17, 15) is 4.21 Å². The molecule has 5 nitrogen and oxygen atoms in total. The maximum absolute atomic E-state index is 12.1. The summed E-state index contributed by atoms with van der Waals surface area (Å²) in [6.07, 6.45) is 6.72. The molecule has 0 aromatic heterocycles. The molecule has 0 amide bonds. The van der Waals surface area contributed by atoms with Gasteiger partial charge in [-0.15, -0.1) is 0 Å². The molecule has 0 aromatic rings. The van der Waals surface area contributed by atoms with Crippen molar-refractivity contribution in [2.24, 2.45) is 4.99 Å². The quantitative estimate of drug-likeness (QED) is 0.352. The largest absolute Gasteiger partial charge is 0.357 e. The van der Waals surface area contributed by atoms with Gasteiger partial charge in [-0.2, -0.15) is 0 Å². The normalized spacial score (nSPS) is 23.1. The summed E-state index contributed by atoms with van der Waals surface area (Å²) in [4.78, 5) is 7.12. The van der Waals surface area contributed by atoms with E-state index in [1.807, 2.05) is 6.92 Å². The van der Waals surface area contributed by atoms with Crippen molar-refractivity contribution in [3.63, 3.8) is 0 Å². The van der Waals surface area contributed by atoms with Gasteiger partial charge in [-0.3, -0.25) is 9.20 Å². The van der Waals surface area contributed by atoms with Gasteiger partial charge in [-0.1, -0.05) is 13.3 Å². The summed E-state index contributed by atoms with van der Waals surface area (Å²) in [5.41, 5.74) is 0. The fourth-order valence-electron chi connectivity index (χ4n) is 3.19. The highest BCUT2D eigenvalue weighted by atomic mass is 32.2. The number of hydrogen-bond donors (Lipinski definition) is 2. The molecular weight excluding hydrogens is 332 g/mol.